The second-order valence-corrected chi connectivity index (χ2v) is 6.71. The first-order valence-corrected chi connectivity index (χ1v) is 9.01. The van der Waals surface area contributed by atoms with Gasteiger partial charge in [-0.1, -0.05) is 12.1 Å². The Balaban J connectivity index is 1.43. The minimum Gasteiger partial charge on any atom is -0.350 e. The molecule has 2 N–H and O–H groups in total. The molecule has 10 heteroatoms. The third-order valence-electron chi connectivity index (χ3n) is 4.70. The van der Waals surface area contributed by atoms with E-state index in [4.69, 9.17) is 0 Å². The molecule has 3 heterocycles. The monoisotopic (exact) mass is 409 g/mol. The summed E-state index contributed by atoms with van der Waals surface area (Å²) in [6.45, 7) is 0.156. The fourth-order valence-corrected chi connectivity index (χ4v) is 3.20. The van der Waals surface area contributed by atoms with E-state index in [1.54, 1.807) is 24.8 Å². The van der Waals surface area contributed by atoms with Crippen LogP contribution in [-0.4, -0.2) is 29.7 Å². The number of hydrogen-bond donors (Lipinski definition) is 2. The van der Waals surface area contributed by atoms with Crippen molar-refractivity contribution >= 4 is 28.0 Å². The van der Waals surface area contributed by atoms with Crippen LogP contribution in [0, 0.1) is 0 Å². The Morgan fingerprint density at radius 3 is 2.80 bits per heavy atom. The molecule has 5 rings (SSSR count). The molecule has 0 unspecified atom stereocenters. The van der Waals surface area contributed by atoms with E-state index < -0.39 is 11.7 Å². The van der Waals surface area contributed by atoms with Crippen LogP contribution < -0.4 is 5.32 Å². The number of anilines is 1. The highest BCUT2D eigenvalue weighted by Gasteiger charge is 2.30. The molecule has 7 nitrogen and oxygen atoms in total. The number of aromatic amines is 1. The molecule has 0 fully saturated rings. The average Bonchev–Trinajstić information content (AvgIpc) is 3.37. The normalized spacial score (nSPS) is 12.0. The summed E-state index contributed by atoms with van der Waals surface area (Å²) < 4.78 is 40.5. The molecule has 0 aliphatic carbocycles. The molecule has 0 saturated carbocycles. The third kappa shape index (κ3) is 3.32. The lowest BCUT2D eigenvalue weighted by Crippen LogP contribution is -2.08. The first kappa shape index (κ1) is 18.1. The number of rotatable bonds is 4. The molecule has 30 heavy (non-hydrogen) atoms. The number of aromatic nitrogens is 6. The third-order valence-corrected chi connectivity index (χ3v) is 4.70. The van der Waals surface area contributed by atoms with Crippen LogP contribution in [0.15, 0.2) is 61.2 Å². The summed E-state index contributed by atoms with van der Waals surface area (Å²) in [5.74, 6) is 0.296. The number of benzene rings is 2. The van der Waals surface area contributed by atoms with Gasteiger partial charge < -0.3 is 5.32 Å². The number of halogens is 3. The zero-order valence-corrected chi connectivity index (χ0v) is 15.4. The highest BCUT2D eigenvalue weighted by Crippen LogP contribution is 2.29. The molecule has 0 radical (unpaired) electrons. The van der Waals surface area contributed by atoms with E-state index >= 15 is 0 Å². The van der Waals surface area contributed by atoms with Crippen LogP contribution in [0.4, 0.5) is 19.1 Å². The van der Waals surface area contributed by atoms with Gasteiger partial charge >= 0.3 is 6.18 Å². The van der Waals surface area contributed by atoms with Crippen molar-refractivity contribution in [2.24, 2.45) is 0 Å². The zero-order chi connectivity index (χ0) is 20.7. The van der Waals surface area contributed by atoms with Gasteiger partial charge in [0.2, 0.25) is 5.95 Å². The Labute approximate surface area is 167 Å². The molecule has 2 aromatic carbocycles. The number of nitrogens with one attached hydrogen (secondary N) is 2. The summed E-state index contributed by atoms with van der Waals surface area (Å²) in [6, 6.07) is 10.9. The Morgan fingerprint density at radius 2 is 1.93 bits per heavy atom. The zero-order valence-electron chi connectivity index (χ0n) is 15.4. The molecular weight excluding hydrogens is 395 g/mol. The molecular formula is C20H14F3N7. The standard InChI is InChI=1S/C20H14F3N7/c21-20(22,23)14-3-1-2-12(6-14)8-24-19-25-10-17-18(28-19)30(11-26-17)15-5-4-13-9-27-29-16(13)7-15/h1-7,9-11H,8H2,(H,27,29)(H,24,25,28). The molecule has 0 bridgehead atoms. The predicted molar refractivity (Wildman–Crippen MR) is 105 cm³/mol. The van der Waals surface area contributed by atoms with Crippen molar-refractivity contribution in [1.29, 1.82) is 0 Å². The second kappa shape index (κ2) is 6.83. The summed E-state index contributed by atoms with van der Waals surface area (Å²) in [4.78, 5) is 13.0. The predicted octanol–water partition coefficient (Wildman–Crippen LogP) is 4.32. The van der Waals surface area contributed by atoms with E-state index in [-0.39, 0.29) is 6.54 Å². The van der Waals surface area contributed by atoms with E-state index in [1.807, 2.05) is 22.8 Å². The number of imidazole rings is 1. The van der Waals surface area contributed by atoms with Gasteiger partial charge in [0.05, 0.1) is 29.2 Å². The van der Waals surface area contributed by atoms with Gasteiger partial charge in [0.25, 0.3) is 0 Å². The van der Waals surface area contributed by atoms with Crippen LogP contribution >= 0.6 is 0 Å². The van der Waals surface area contributed by atoms with Crippen molar-refractivity contribution < 1.29 is 13.2 Å². The highest BCUT2D eigenvalue weighted by atomic mass is 19.4. The van der Waals surface area contributed by atoms with Gasteiger partial charge in [0.1, 0.15) is 11.8 Å². The van der Waals surface area contributed by atoms with Crippen LogP contribution in [0.25, 0.3) is 27.8 Å². The lowest BCUT2D eigenvalue weighted by Gasteiger charge is -2.10. The summed E-state index contributed by atoms with van der Waals surface area (Å²) >= 11 is 0. The van der Waals surface area contributed by atoms with Crippen LogP contribution in [0.3, 0.4) is 0 Å². The van der Waals surface area contributed by atoms with Crippen LogP contribution in [0.2, 0.25) is 0 Å². The molecule has 5 aromatic rings. The largest absolute Gasteiger partial charge is 0.416 e. The fraction of sp³-hybridized carbons (Fsp3) is 0.100. The van der Waals surface area contributed by atoms with Gasteiger partial charge in [0.15, 0.2) is 5.65 Å². The number of fused-ring (bicyclic) bond motifs is 2. The molecule has 0 saturated heterocycles. The Hall–Kier alpha value is -3.95. The van der Waals surface area contributed by atoms with Crippen molar-refractivity contribution in [2.45, 2.75) is 12.7 Å². The minimum absolute atomic E-state index is 0.156. The Bertz CT molecular complexity index is 1350. The van der Waals surface area contributed by atoms with E-state index in [9.17, 15) is 13.2 Å². The smallest absolute Gasteiger partial charge is 0.350 e. The van der Waals surface area contributed by atoms with Crippen molar-refractivity contribution in [3.8, 4) is 5.69 Å². The Morgan fingerprint density at radius 1 is 1.03 bits per heavy atom. The van der Waals surface area contributed by atoms with E-state index in [0.717, 1.165) is 28.7 Å². The highest BCUT2D eigenvalue weighted by molar-refractivity contribution is 5.81. The molecule has 0 atom stereocenters. The minimum atomic E-state index is -4.38. The molecule has 0 aliphatic heterocycles. The van der Waals surface area contributed by atoms with E-state index in [2.05, 4.69) is 30.5 Å². The average molecular weight is 409 g/mol. The first-order valence-electron chi connectivity index (χ1n) is 9.01. The van der Waals surface area contributed by atoms with Crippen LogP contribution in [0.5, 0.6) is 0 Å². The second-order valence-electron chi connectivity index (χ2n) is 6.71. The van der Waals surface area contributed by atoms with Gasteiger partial charge in [-0.2, -0.15) is 23.3 Å². The van der Waals surface area contributed by atoms with Gasteiger partial charge in [-0.15, -0.1) is 0 Å². The molecule has 0 spiro atoms. The number of nitrogens with zero attached hydrogens (tertiary/aromatic N) is 5. The Kier molecular flexibility index (Phi) is 4.12. The summed E-state index contributed by atoms with van der Waals surface area (Å²) in [6.07, 6.45) is 0.576. The lowest BCUT2D eigenvalue weighted by atomic mass is 10.1. The van der Waals surface area contributed by atoms with Crippen LogP contribution in [-0.2, 0) is 12.7 Å². The first-order chi connectivity index (χ1) is 14.5. The number of alkyl halides is 3. The SMILES string of the molecule is FC(F)(F)c1cccc(CNc2ncc3ncn(-c4ccc5cn[nH]c5c4)c3n2)c1. The van der Waals surface area contributed by atoms with Gasteiger partial charge in [0, 0.05) is 11.9 Å². The lowest BCUT2D eigenvalue weighted by molar-refractivity contribution is -0.137. The van der Waals surface area contributed by atoms with Gasteiger partial charge in [-0.3, -0.25) is 9.67 Å². The summed E-state index contributed by atoms with van der Waals surface area (Å²) in [5, 5.41) is 10.9. The van der Waals surface area contributed by atoms with Gasteiger partial charge in [-0.05, 0) is 35.9 Å². The summed E-state index contributed by atoms with van der Waals surface area (Å²) in [5.41, 5.74) is 2.69. The van der Waals surface area contributed by atoms with E-state index in [1.165, 1.54) is 6.07 Å². The maximum atomic E-state index is 12.9. The maximum absolute atomic E-state index is 12.9. The molecule has 0 amide bonds. The fourth-order valence-electron chi connectivity index (χ4n) is 3.20. The quantitative estimate of drug-likeness (QED) is 0.462. The number of hydrogen-bond acceptors (Lipinski definition) is 5. The van der Waals surface area contributed by atoms with Crippen molar-refractivity contribution in [1.82, 2.24) is 29.7 Å². The van der Waals surface area contributed by atoms with Crippen molar-refractivity contribution in [2.75, 3.05) is 5.32 Å². The van der Waals surface area contributed by atoms with Crippen LogP contribution in [0.1, 0.15) is 11.1 Å². The topological polar surface area (TPSA) is 84.3 Å². The van der Waals surface area contributed by atoms with Crippen molar-refractivity contribution in [3.05, 3.63) is 72.3 Å². The number of H-pyrrole nitrogens is 1. The maximum Gasteiger partial charge on any atom is 0.416 e. The molecule has 3 aromatic heterocycles. The molecule has 0 aliphatic rings. The summed E-state index contributed by atoms with van der Waals surface area (Å²) in [7, 11) is 0. The molecule has 150 valence electrons. The van der Waals surface area contributed by atoms with Gasteiger partial charge in [-0.25, -0.2) is 9.97 Å². The van der Waals surface area contributed by atoms with E-state index in [0.29, 0.717) is 22.7 Å². The van der Waals surface area contributed by atoms with Crippen molar-refractivity contribution in [3.63, 3.8) is 0 Å².